The van der Waals surface area contributed by atoms with Crippen molar-refractivity contribution >= 4 is 23.2 Å². The van der Waals surface area contributed by atoms with Crippen LogP contribution < -0.4 is 0 Å². The van der Waals surface area contributed by atoms with Gasteiger partial charge in [0, 0.05) is 12.8 Å². The highest BCUT2D eigenvalue weighted by Crippen LogP contribution is 2.34. The molecule has 0 N–H and O–H groups in total. The normalized spacial score (nSPS) is 41.3. The van der Waals surface area contributed by atoms with Gasteiger partial charge in [0.1, 0.15) is 6.17 Å². The topological polar surface area (TPSA) is 9.23 Å². The lowest BCUT2D eigenvalue weighted by Gasteiger charge is -2.32. The number of hydrogen-bond acceptors (Lipinski definition) is 1. The van der Waals surface area contributed by atoms with Gasteiger partial charge in [-0.25, -0.2) is 4.39 Å². The summed E-state index contributed by atoms with van der Waals surface area (Å²) >= 11 is 12.3. The number of allylic oxidation sites excluding steroid dienone is 2. The molecule has 0 radical (unpaired) electrons. The molecule has 0 spiro atoms. The third kappa shape index (κ3) is 3.54. The van der Waals surface area contributed by atoms with Gasteiger partial charge >= 0.3 is 0 Å². The average Bonchev–Trinajstić information content (AvgIpc) is 2.34. The minimum absolute atomic E-state index is 0.0628. The number of halogens is 3. The first kappa shape index (κ1) is 14.5. The van der Waals surface area contributed by atoms with Crippen molar-refractivity contribution in [2.45, 2.75) is 68.5 Å². The summed E-state index contributed by atoms with van der Waals surface area (Å²) in [5.74, 6) is 1.53. The van der Waals surface area contributed by atoms with Crippen LogP contribution in [0.4, 0.5) is 4.39 Å². The van der Waals surface area contributed by atoms with E-state index in [1.165, 1.54) is 0 Å². The van der Waals surface area contributed by atoms with Gasteiger partial charge in [-0.2, -0.15) is 0 Å². The van der Waals surface area contributed by atoms with Gasteiger partial charge in [0.2, 0.25) is 0 Å². The van der Waals surface area contributed by atoms with Crippen molar-refractivity contribution in [2.24, 2.45) is 5.92 Å². The maximum atomic E-state index is 13.3. The predicted molar refractivity (Wildman–Crippen MR) is 74.0 cm³/mol. The lowest BCUT2D eigenvalue weighted by Crippen LogP contribution is -2.32. The van der Waals surface area contributed by atoms with E-state index < -0.39 is 11.5 Å². The molecule has 0 bridgehead atoms. The quantitative estimate of drug-likeness (QED) is 0.679. The van der Waals surface area contributed by atoms with E-state index in [1.54, 1.807) is 0 Å². The number of alkyl halides is 3. The Morgan fingerprint density at radius 3 is 2.72 bits per heavy atom. The van der Waals surface area contributed by atoms with Gasteiger partial charge in [0.05, 0.1) is 22.6 Å². The highest BCUT2D eigenvalue weighted by Gasteiger charge is 2.31. The molecular formula is C14H21Cl2FO. The van der Waals surface area contributed by atoms with Crippen LogP contribution in [0.5, 0.6) is 0 Å². The van der Waals surface area contributed by atoms with Crippen LogP contribution in [-0.4, -0.2) is 23.0 Å². The van der Waals surface area contributed by atoms with Gasteiger partial charge in [0.25, 0.3) is 0 Å². The maximum absolute atomic E-state index is 13.3. The molecule has 5 unspecified atom stereocenters. The first-order chi connectivity index (χ1) is 8.60. The van der Waals surface area contributed by atoms with Gasteiger partial charge in [0.15, 0.2) is 0 Å². The van der Waals surface area contributed by atoms with Crippen LogP contribution >= 0.6 is 23.2 Å². The Bertz CT molecular complexity index is 308. The van der Waals surface area contributed by atoms with Crippen LogP contribution in [0.1, 0.15) is 45.4 Å². The first-order valence-electron chi connectivity index (χ1n) is 6.89. The third-order valence-electron chi connectivity index (χ3n) is 4.04. The van der Waals surface area contributed by atoms with E-state index in [-0.39, 0.29) is 11.5 Å². The molecule has 2 rings (SSSR count). The molecule has 1 fully saturated rings. The van der Waals surface area contributed by atoms with E-state index in [2.05, 4.69) is 6.92 Å². The fourth-order valence-corrected chi connectivity index (χ4v) is 3.54. The third-order valence-corrected chi connectivity index (χ3v) is 4.98. The molecule has 1 nitrogen and oxygen atoms in total. The second kappa shape index (κ2) is 6.47. The van der Waals surface area contributed by atoms with Gasteiger partial charge in [-0.05, 0) is 31.3 Å². The highest BCUT2D eigenvalue weighted by molar-refractivity contribution is 6.22. The van der Waals surface area contributed by atoms with Crippen molar-refractivity contribution < 1.29 is 9.13 Å². The van der Waals surface area contributed by atoms with Crippen molar-refractivity contribution in [3.63, 3.8) is 0 Å². The van der Waals surface area contributed by atoms with Crippen LogP contribution in [0.3, 0.4) is 0 Å². The van der Waals surface area contributed by atoms with E-state index >= 15 is 0 Å². The van der Waals surface area contributed by atoms with E-state index in [4.69, 9.17) is 27.9 Å². The maximum Gasteiger partial charge on any atom is 0.117 e. The van der Waals surface area contributed by atoms with Crippen molar-refractivity contribution in [2.75, 3.05) is 0 Å². The van der Waals surface area contributed by atoms with Crippen molar-refractivity contribution in [3.05, 3.63) is 11.8 Å². The summed E-state index contributed by atoms with van der Waals surface area (Å²) in [6, 6.07) is 0. The number of ether oxygens (including phenoxy) is 1. The Kier molecular flexibility index (Phi) is 5.20. The lowest BCUT2D eigenvalue weighted by molar-refractivity contribution is 0.0523. The Balaban J connectivity index is 1.87. The minimum Gasteiger partial charge on any atom is -0.495 e. The van der Waals surface area contributed by atoms with Crippen LogP contribution in [0.25, 0.3) is 0 Å². The Labute approximate surface area is 119 Å². The molecular weight excluding hydrogens is 274 g/mol. The average molecular weight is 295 g/mol. The van der Waals surface area contributed by atoms with Crippen LogP contribution in [-0.2, 0) is 4.74 Å². The van der Waals surface area contributed by atoms with E-state index in [9.17, 15) is 4.39 Å². The van der Waals surface area contributed by atoms with Gasteiger partial charge in [-0.1, -0.05) is 13.3 Å². The molecule has 2 aliphatic rings. The molecule has 1 saturated carbocycles. The monoisotopic (exact) mass is 294 g/mol. The summed E-state index contributed by atoms with van der Waals surface area (Å²) in [6.45, 7) is 2.17. The zero-order chi connectivity index (χ0) is 13.1. The largest absolute Gasteiger partial charge is 0.495 e. The Hall–Kier alpha value is 0.0500. The van der Waals surface area contributed by atoms with Crippen LogP contribution in [0, 0.1) is 5.92 Å². The fraction of sp³-hybridized carbons (Fsp3) is 0.857. The molecule has 104 valence electrons. The van der Waals surface area contributed by atoms with Gasteiger partial charge in [-0.3, -0.25) is 0 Å². The molecule has 0 aromatic carbocycles. The zero-order valence-corrected chi connectivity index (χ0v) is 12.3. The summed E-state index contributed by atoms with van der Waals surface area (Å²) in [4.78, 5) is 0. The standard InChI is InChI=1S/C14H21Cl2FO/c1-2-9-3-4-10(7-12(9)15)18-11-5-6-14(17)13(16)8-11/h7,9,11-14H,2-6,8H2,1H3. The number of hydrogen-bond donors (Lipinski definition) is 0. The highest BCUT2D eigenvalue weighted by atomic mass is 35.5. The zero-order valence-electron chi connectivity index (χ0n) is 10.7. The second-order valence-corrected chi connectivity index (χ2v) is 6.43. The van der Waals surface area contributed by atoms with Crippen molar-refractivity contribution in [3.8, 4) is 0 Å². The first-order valence-corrected chi connectivity index (χ1v) is 7.77. The molecule has 0 heterocycles. The van der Waals surface area contributed by atoms with Gasteiger partial charge in [-0.15, -0.1) is 23.2 Å². The Morgan fingerprint density at radius 1 is 1.33 bits per heavy atom. The van der Waals surface area contributed by atoms with Gasteiger partial charge < -0.3 is 4.74 Å². The van der Waals surface area contributed by atoms with Crippen LogP contribution in [0.15, 0.2) is 11.8 Å². The summed E-state index contributed by atoms with van der Waals surface area (Å²) in [6.07, 6.45) is 6.22. The molecule has 4 heteroatoms. The number of rotatable bonds is 3. The fourth-order valence-electron chi connectivity index (χ4n) is 2.78. The van der Waals surface area contributed by atoms with Crippen molar-refractivity contribution in [1.29, 1.82) is 0 Å². The SMILES string of the molecule is CCC1CCC(OC2CCC(F)C(Cl)C2)=CC1Cl. The molecule has 0 aromatic heterocycles. The molecule has 0 aliphatic heterocycles. The molecule has 5 atom stereocenters. The van der Waals surface area contributed by atoms with Crippen LogP contribution in [0.2, 0.25) is 0 Å². The molecule has 0 amide bonds. The van der Waals surface area contributed by atoms with E-state index in [1.807, 2.05) is 6.08 Å². The summed E-state index contributed by atoms with van der Waals surface area (Å²) in [7, 11) is 0. The smallest absolute Gasteiger partial charge is 0.117 e. The minimum atomic E-state index is -0.878. The second-order valence-electron chi connectivity index (χ2n) is 5.37. The predicted octanol–water partition coefficient (Wildman–Crippen LogP) is 4.81. The molecule has 2 aliphatic carbocycles. The molecule has 18 heavy (non-hydrogen) atoms. The Morgan fingerprint density at radius 2 is 2.11 bits per heavy atom. The summed E-state index contributed by atoms with van der Waals surface area (Å²) in [5.41, 5.74) is 0. The van der Waals surface area contributed by atoms with Crippen molar-refractivity contribution in [1.82, 2.24) is 0 Å². The van der Waals surface area contributed by atoms with E-state index in [0.717, 1.165) is 31.4 Å². The summed E-state index contributed by atoms with van der Waals surface area (Å²) in [5, 5.41) is -0.328. The summed E-state index contributed by atoms with van der Waals surface area (Å²) < 4.78 is 19.2. The molecule has 0 saturated heterocycles. The van der Waals surface area contributed by atoms with E-state index in [0.29, 0.717) is 18.8 Å². The molecule has 0 aromatic rings. The lowest BCUT2D eigenvalue weighted by atomic mass is 9.90.